The summed E-state index contributed by atoms with van der Waals surface area (Å²) in [7, 11) is -7.11. The number of aldehydes is 1. The molecule has 0 saturated heterocycles. The van der Waals surface area contributed by atoms with Gasteiger partial charge in [-0.05, 0) is 48.5 Å². The van der Waals surface area contributed by atoms with Crippen LogP contribution in [0.3, 0.4) is 0 Å². The van der Waals surface area contributed by atoms with Crippen LogP contribution in [0.4, 0.5) is 0 Å². The SMILES string of the molecule is CC(C)OP(=O)(CP(=O)(OC(C)C)C(C)C=O)OC(C)C. The lowest BCUT2D eigenvalue weighted by Crippen LogP contribution is -2.18. The fourth-order valence-corrected chi connectivity index (χ4v) is 7.87. The van der Waals surface area contributed by atoms with Crippen LogP contribution >= 0.6 is 15.0 Å². The molecular weight excluding hydrogens is 314 g/mol. The van der Waals surface area contributed by atoms with E-state index in [9.17, 15) is 13.9 Å². The maximum Gasteiger partial charge on any atom is 0.340 e. The Hall–Kier alpha value is 0.01000. The van der Waals surface area contributed by atoms with Gasteiger partial charge in [0.1, 0.15) is 12.2 Å². The van der Waals surface area contributed by atoms with E-state index in [2.05, 4.69) is 0 Å². The minimum atomic E-state index is -3.62. The molecule has 0 fully saturated rings. The van der Waals surface area contributed by atoms with E-state index in [0.717, 1.165) is 0 Å². The molecule has 0 aromatic rings. The van der Waals surface area contributed by atoms with Crippen molar-refractivity contribution < 1.29 is 27.5 Å². The molecule has 2 unspecified atom stereocenters. The fourth-order valence-electron chi connectivity index (χ4n) is 1.68. The highest BCUT2D eigenvalue weighted by Gasteiger charge is 2.42. The van der Waals surface area contributed by atoms with Crippen LogP contribution in [0.5, 0.6) is 0 Å². The lowest BCUT2D eigenvalue weighted by Gasteiger charge is -2.29. The predicted molar refractivity (Wildman–Crippen MR) is 84.3 cm³/mol. The minimum absolute atomic E-state index is 0.353. The second-order valence-corrected chi connectivity index (χ2v) is 11.1. The maximum atomic E-state index is 12.9. The van der Waals surface area contributed by atoms with Crippen molar-refractivity contribution in [2.45, 2.75) is 72.4 Å². The summed E-state index contributed by atoms with van der Waals surface area (Å²) >= 11 is 0. The molecule has 0 aromatic carbocycles. The summed E-state index contributed by atoms with van der Waals surface area (Å²) in [5.41, 5.74) is -0.861. The Morgan fingerprint density at radius 2 is 1.19 bits per heavy atom. The van der Waals surface area contributed by atoms with Crippen LogP contribution in [0.25, 0.3) is 0 Å². The average Bonchev–Trinajstić information content (AvgIpc) is 2.22. The van der Waals surface area contributed by atoms with Crippen molar-refractivity contribution in [1.29, 1.82) is 0 Å². The molecule has 0 rings (SSSR count). The molecule has 8 heteroatoms. The lowest BCUT2D eigenvalue weighted by molar-refractivity contribution is -0.107. The molecule has 0 heterocycles. The quantitative estimate of drug-likeness (QED) is 0.435. The molecule has 0 radical (unpaired) electrons. The van der Waals surface area contributed by atoms with Gasteiger partial charge in [0.05, 0.1) is 24.0 Å². The van der Waals surface area contributed by atoms with Crippen LogP contribution in [0, 0.1) is 0 Å². The Morgan fingerprint density at radius 1 is 0.810 bits per heavy atom. The Labute approximate surface area is 127 Å². The van der Waals surface area contributed by atoms with Gasteiger partial charge < -0.3 is 18.4 Å². The number of carbonyl (C=O) groups excluding carboxylic acids is 1. The van der Waals surface area contributed by atoms with Crippen molar-refractivity contribution in [3.63, 3.8) is 0 Å². The fraction of sp³-hybridized carbons (Fsp3) is 0.923. The van der Waals surface area contributed by atoms with Gasteiger partial charge in [0.2, 0.25) is 7.37 Å². The normalized spacial score (nSPS) is 17.2. The third-order valence-electron chi connectivity index (χ3n) is 2.32. The highest BCUT2D eigenvalue weighted by molar-refractivity contribution is 7.74. The molecule has 0 amide bonds. The summed E-state index contributed by atoms with van der Waals surface area (Å²) in [6.45, 7) is 11.8. The number of hydrogen-bond acceptors (Lipinski definition) is 6. The lowest BCUT2D eigenvalue weighted by atomic mass is 10.5. The van der Waals surface area contributed by atoms with E-state index in [1.807, 2.05) is 0 Å². The van der Waals surface area contributed by atoms with Crippen LogP contribution in [0.15, 0.2) is 0 Å². The molecule has 0 aliphatic rings. The molecule has 21 heavy (non-hydrogen) atoms. The first-order valence-corrected chi connectivity index (χ1v) is 10.7. The van der Waals surface area contributed by atoms with Crippen LogP contribution in [0.2, 0.25) is 0 Å². The Bertz CT molecular complexity index is 405. The zero-order chi connectivity index (χ0) is 16.8. The van der Waals surface area contributed by atoms with Gasteiger partial charge >= 0.3 is 7.60 Å². The van der Waals surface area contributed by atoms with Gasteiger partial charge in [0, 0.05) is 0 Å². The molecule has 0 aromatic heterocycles. The average molecular weight is 342 g/mol. The molecule has 0 saturated carbocycles. The molecule has 6 nitrogen and oxygen atoms in total. The van der Waals surface area contributed by atoms with Crippen molar-refractivity contribution in [3.8, 4) is 0 Å². The molecule has 0 aliphatic heterocycles. The van der Waals surface area contributed by atoms with E-state index in [1.165, 1.54) is 6.92 Å². The van der Waals surface area contributed by atoms with Crippen molar-refractivity contribution >= 4 is 21.3 Å². The Morgan fingerprint density at radius 3 is 1.48 bits per heavy atom. The Kier molecular flexibility index (Phi) is 8.60. The van der Waals surface area contributed by atoms with E-state index in [4.69, 9.17) is 13.6 Å². The monoisotopic (exact) mass is 342 g/mol. The van der Waals surface area contributed by atoms with E-state index >= 15 is 0 Å². The number of hydrogen-bond donors (Lipinski definition) is 0. The number of carbonyl (C=O) groups is 1. The molecule has 0 spiro atoms. The zero-order valence-corrected chi connectivity index (χ0v) is 15.7. The van der Waals surface area contributed by atoms with Gasteiger partial charge in [-0.25, -0.2) is 0 Å². The van der Waals surface area contributed by atoms with E-state index in [-0.39, 0.29) is 18.3 Å². The van der Waals surface area contributed by atoms with Crippen LogP contribution < -0.4 is 0 Å². The highest BCUT2D eigenvalue weighted by Crippen LogP contribution is 2.66. The summed E-state index contributed by atoms with van der Waals surface area (Å²) in [6.07, 6.45) is -0.509. The third-order valence-corrected chi connectivity index (χ3v) is 8.91. The van der Waals surface area contributed by atoms with Crippen LogP contribution in [-0.2, 0) is 27.5 Å². The van der Waals surface area contributed by atoms with E-state index in [0.29, 0.717) is 6.29 Å². The first kappa shape index (κ1) is 21.0. The van der Waals surface area contributed by atoms with Gasteiger partial charge in [0.25, 0.3) is 0 Å². The summed E-state index contributed by atoms with van der Waals surface area (Å²) in [5, 5.41) is 0. The summed E-state index contributed by atoms with van der Waals surface area (Å²) in [4.78, 5) is 11.0. The summed E-state index contributed by atoms with van der Waals surface area (Å²) < 4.78 is 42.0. The van der Waals surface area contributed by atoms with Gasteiger partial charge in [-0.2, -0.15) is 0 Å². The topological polar surface area (TPSA) is 78.9 Å². The molecule has 126 valence electrons. The van der Waals surface area contributed by atoms with E-state index < -0.39 is 26.5 Å². The molecular formula is C13H28O6P2. The van der Waals surface area contributed by atoms with E-state index in [1.54, 1.807) is 41.5 Å². The second-order valence-electron chi connectivity index (χ2n) is 5.82. The minimum Gasteiger partial charge on any atom is -0.325 e. The predicted octanol–water partition coefficient (Wildman–Crippen LogP) is 4.28. The zero-order valence-electron chi connectivity index (χ0n) is 13.9. The first-order chi connectivity index (χ1) is 9.44. The largest absolute Gasteiger partial charge is 0.340 e. The second kappa shape index (κ2) is 8.59. The first-order valence-electron chi connectivity index (χ1n) is 7.12. The van der Waals surface area contributed by atoms with Crippen molar-refractivity contribution in [1.82, 2.24) is 0 Å². The molecule has 0 bridgehead atoms. The van der Waals surface area contributed by atoms with Crippen LogP contribution in [-0.4, -0.2) is 36.2 Å². The van der Waals surface area contributed by atoms with Gasteiger partial charge in [0.15, 0.2) is 0 Å². The summed E-state index contributed by atoms with van der Waals surface area (Å²) in [5.74, 6) is -0.394. The van der Waals surface area contributed by atoms with Crippen molar-refractivity contribution in [3.05, 3.63) is 0 Å². The third kappa shape index (κ3) is 7.71. The van der Waals surface area contributed by atoms with Gasteiger partial charge in [-0.3, -0.25) is 9.13 Å². The summed E-state index contributed by atoms with van der Waals surface area (Å²) in [6, 6.07) is 0. The van der Waals surface area contributed by atoms with Gasteiger partial charge in [-0.1, -0.05) is 0 Å². The standard InChI is InChI=1S/C13H28O6P2/c1-10(2)17-20(15,13(7)8-14)9-21(16,18-11(3)4)19-12(5)6/h8,10-13H,9H2,1-7H3. The Balaban J connectivity index is 5.44. The smallest absolute Gasteiger partial charge is 0.325 e. The van der Waals surface area contributed by atoms with Crippen molar-refractivity contribution in [2.75, 3.05) is 5.90 Å². The van der Waals surface area contributed by atoms with Crippen LogP contribution in [0.1, 0.15) is 48.5 Å². The highest BCUT2D eigenvalue weighted by atomic mass is 31.2. The molecule has 0 N–H and O–H groups in total. The molecule has 0 aliphatic carbocycles. The van der Waals surface area contributed by atoms with Gasteiger partial charge in [-0.15, -0.1) is 0 Å². The number of rotatable bonds is 10. The molecule has 2 atom stereocenters. The maximum absolute atomic E-state index is 12.9. The van der Waals surface area contributed by atoms with Crippen molar-refractivity contribution in [2.24, 2.45) is 0 Å².